The Kier molecular flexibility index (Phi) is 7.23. The largest absolute Gasteiger partial charge is 0.493 e. The van der Waals surface area contributed by atoms with E-state index in [0.717, 1.165) is 11.3 Å². The van der Waals surface area contributed by atoms with Gasteiger partial charge in [-0.25, -0.2) is 0 Å². The first-order valence-corrected chi connectivity index (χ1v) is 7.54. The molecule has 0 bridgehead atoms. The second-order valence-corrected chi connectivity index (χ2v) is 6.04. The van der Waals surface area contributed by atoms with E-state index in [1.807, 2.05) is 38.1 Å². The van der Waals surface area contributed by atoms with Crippen LogP contribution in [0.25, 0.3) is 0 Å². The molecule has 1 aromatic carbocycles. The van der Waals surface area contributed by atoms with Crippen LogP contribution in [0.4, 0.5) is 0 Å². The van der Waals surface area contributed by atoms with Crippen LogP contribution < -0.4 is 10.1 Å². The van der Waals surface area contributed by atoms with Gasteiger partial charge in [-0.3, -0.25) is 4.79 Å². The Hall–Kier alpha value is -1.55. The molecule has 0 saturated heterocycles. The van der Waals surface area contributed by atoms with Gasteiger partial charge in [-0.05, 0) is 36.5 Å². The van der Waals surface area contributed by atoms with E-state index in [4.69, 9.17) is 9.84 Å². The highest BCUT2D eigenvalue weighted by atomic mass is 16.5. The summed E-state index contributed by atoms with van der Waals surface area (Å²) in [6, 6.07) is 7.58. The van der Waals surface area contributed by atoms with Crippen LogP contribution in [0, 0.1) is 11.8 Å². The second-order valence-electron chi connectivity index (χ2n) is 6.04. The summed E-state index contributed by atoms with van der Waals surface area (Å²) in [6.45, 7) is 8.79. The van der Waals surface area contributed by atoms with E-state index in [1.54, 1.807) is 0 Å². The summed E-state index contributed by atoms with van der Waals surface area (Å²) >= 11 is 0. The molecule has 0 aliphatic heterocycles. The molecular weight excluding hydrogens is 266 g/mol. The Morgan fingerprint density at radius 2 is 1.81 bits per heavy atom. The normalized spacial score (nSPS) is 13.8. The number of ether oxygens (including phenoxy) is 1. The molecule has 4 heteroatoms. The van der Waals surface area contributed by atoms with Crippen LogP contribution >= 0.6 is 0 Å². The lowest BCUT2D eigenvalue weighted by molar-refractivity contribution is -0.121. The van der Waals surface area contributed by atoms with E-state index < -0.39 is 0 Å². The number of hydrogen-bond acceptors (Lipinski definition) is 3. The van der Waals surface area contributed by atoms with Gasteiger partial charge in [0.2, 0.25) is 5.91 Å². The smallest absolute Gasteiger partial charge is 0.224 e. The van der Waals surface area contributed by atoms with Crippen molar-refractivity contribution in [3.05, 3.63) is 29.8 Å². The predicted molar refractivity (Wildman–Crippen MR) is 84.3 cm³/mol. The van der Waals surface area contributed by atoms with Gasteiger partial charge >= 0.3 is 0 Å². The lowest BCUT2D eigenvalue weighted by Crippen LogP contribution is -2.39. The summed E-state index contributed by atoms with van der Waals surface area (Å²) in [6.07, 6.45) is 0.340. The van der Waals surface area contributed by atoms with Gasteiger partial charge in [0.15, 0.2) is 0 Å². The number of aliphatic hydroxyl groups is 1. The summed E-state index contributed by atoms with van der Waals surface area (Å²) in [7, 11) is 0. The molecule has 4 nitrogen and oxygen atoms in total. The molecule has 0 aliphatic rings. The van der Waals surface area contributed by atoms with Crippen molar-refractivity contribution in [1.29, 1.82) is 0 Å². The monoisotopic (exact) mass is 293 g/mol. The number of hydrogen-bond donors (Lipinski definition) is 2. The molecule has 0 aliphatic carbocycles. The van der Waals surface area contributed by atoms with Crippen molar-refractivity contribution in [2.75, 3.05) is 13.2 Å². The number of rotatable bonds is 8. The summed E-state index contributed by atoms with van der Waals surface area (Å²) in [5.74, 6) is 1.35. The van der Waals surface area contributed by atoms with E-state index in [2.05, 4.69) is 19.2 Å². The molecule has 0 saturated carbocycles. The van der Waals surface area contributed by atoms with Gasteiger partial charge in [-0.15, -0.1) is 0 Å². The highest BCUT2D eigenvalue weighted by Crippen LogP contribution is 2.14. The van der Waals surface area contributed by atoms with E-state index in [1.165, 1.54) is 0 Å². The summed E-state index contributed by atoms with van der Waals surface area (Å²) in [4.78, 5) is 11.9. The number of carbonyl (C=O) groups is 1. The number of aliphatic hydroxyl groups excluding tert-OH is 1. The molecule has 2 unspecified atom stereocenters. The molecule has 1 rings (SSSR count). The first-order chi connectivity index (χ1) is 9.92. The topological polar surface area (TPSA) is 58.6 Å². The highest BCUT2D eigenvalue weighted by molar-refractivity contribution is 5.78. The van der Waals surface area contributed by atoms with Crippen LogP contribution in [0.1, 0.15) is 33.3 Å². The van der Waals surface area contributed by atoms with Crippen molar-refractivity contribution in [2.45, 2.75) is 40.2 Å². The number of amides is 1. The van der Waals surface area contributed by atoms with Crippen molar-refractivity contribution in [2.24, 2.45) is 11.8 Å². The first-order valence-electron chi connectivity index (χ1n) is 7.54. The zero-order valence-electron chi connectivity index (χ0n) is 13.4. The maximum absolute atomic E-state index is 11.9. The van der Waals surface area contributed by atoms with Crippen molar-refractivity contribution in [1.82, 2.24) is 5.32 Å². The molecule has 0 fully saturated rings. The van der Waals surface area contributed by atoms with Gasteiger partial charge in [0.25, 0.3) is 0 Å². The predicted octanol–water partition coefficient (Wildman–Crippen LogP) is 2.40. The average molecular weight is 293 g/mol. The molecule has 0 heterocycles. The Balaban J connectivity index is 2.46. The lowest BCUT2D eigenvalue weighted by Gasteiger charge is -2.19. The second kappa shape index (κ2) is 8.67. The molecule has 21 heavy (non-hydrogen) atoms. The van der Waals surface area contributed by atoms with Gasteiger partial charge in [0.1, 0.15) is 5.75 Å². The maximum Gasteiger partial charge on any atom is 0.224 e. The fourth-order valence-corrected chi connectivity index (χ4v) is 1.76. The third kappa shape index (κ3) is 6.63. The maximum atomic E-state index is 11.9. The summed E-state index contributed by atoms with van der Waals surface area (Å²) < 4.78 is 5.61. The fourth-order valence-electron chi connectivity index (χ4n) is 1.76. The minimum atomic E-state index is -0.0313. The minimum absolute atomic E-state index is 0.0290. The molecule has 0 spiro atoms. The van der Waals surface area contributed by atoms with E-state index in [0.29, 0.717) is 18.9 Å². The summed E-state index contributed by atoms with van der Waals surface area (Å²) in [5.41, 5.74) is 0.952. The zero-order chi connectivity index (χ0) is 15.8. The highest BCUT2D eigenvalue weighted by Gasteiger charge is 2.14. The Labute approximate surface area is 127 Å². The number of nitrogens with one attached hydrogen (secondary N) is 1. The van der Waals surface area contributed by atoms with Crippen molar-refractivity contribution in [3.8, 4) is 5.75 Å². The van der Waals surface area contributed by atoms with Gasteiger partial charge in [-0.2, -0.15) is 0 Å². The third-order valence-electron chi connectivity index (χ3n) is 3.40. The van der Waals surface area contributed by atoms with Gasteiger partial charge in [0, 0.05) is 12.6 Å². The van der Waals surface area contributed by atoms with Crippen LogP contribution in [0.3, 0.4) is 0 Å². The van der Waals surface area contributed by atoms with Crippen molar-refractivity contribution < 1.29 is 14.6 Å². The fraction of sp³-hybridized carbons (Fsp3) is 0.588. The van der Waals surface area contributed by atoms with Crippen LogP contribution in [0.2, 0.25) is 0 Å². The Bertz CT molecular complexity index is 428. The molecule has 2 N–H and O–H groups in total. The first kappa shape index (κ1) is 17.5. The molecule has 118 valence electrons. The van der Waals surface area contributed by atoms with Crippen molar-refractivity contribution >= 4 is 5.91 Å². The standard InChI is InChI=1S/C17H27NO3/c1-12(2)11-21-16-7-5-15(6-8-16)9-17(20)18-14(4)13(3)10-19/h5-8,12-14,19H,9-11H2,1-4H3,(H,18,20). The molecule has 2 atom stereocenters. The lowest BCUT2D eigenvalue weighted by atomic mass is 10.0. The zero-order valence-corrected chi connectivity index (χ0v) is 13.4. The van der Waals surface area contributed by atoms with Crippen LogP contribution in [-0.4, -0.2) is 30.3 Å². The van der Waals surface area contributed by atoms with Crippen LogP contribution in [0.5, 0.6) is 5.75 Å². The molecule has 0 aromatic heterocycles. The van der Waals surface area contributed by atoms with Gasteiger partial charge in [-0.1, -0.05) is 32.9 Å². The van der Waals surface area contributed by atoms with E-state index in [9.17, 15) is 4.79 Å². The van der Waals surface area contributed by atoms with E-state index >= 15 is 0 Å². The molecular formula is C17H27NO3. The summed E-state index contributed by atoms with van der Waals surface area (Å²) in [5, 5.41) is 12.0. The third-order valence-corrected chi connectivity index (χ3v) is 3.40. The molecule has 0 radical (unpaired) electrons. The van der Waals surface area contributed by atoms with Gasteiger partial charge in [0.05, 0.1) is 13.0 Å². The van der Waals surface area contributed by atoms with Crippen molar-refractivity contribution in [3.63, 3.8) is 0 Å². The van der Waals surface area contributed by atoms with Gasteiger partial charge < -0.3 is 15.2 Å². The number of carbonyl (C=O) groups excluding carboxylic acids is 1. The molecule has 1 amide bonds. The number of benzene rings is 1. The quantitative estimate of drug-likeness (QED) is 0.774. The SMILES string of the molecule is CC(C)COc1ccc(CC(=O)NC(C)C(C)CO)cc1. The minimum Gasteiger partial charge on any atom is -0.493 e. The van der Waals surface area contributed by atoms with Crippen LogP contribution in [-0.2, 0) is 11.2 Å². The van der Waals surface area contributed by atoms with E-state index in [-0.39, 0.29) is 24.5 Å². The van der Waals surface area contributed by atoms with Crippen LogP contribution in [0.15, 0.2) is 24.3 Å². The molecule has 1 aromatic rings. The Morgan fingerprint density at radius 3 is 2.33 bits per heavy atom. The Morgan fingerprint density at radius 1 is 1.19 bits per heavy atom. The average Bonchev–Trinajstić information content (AvgIpc) is 2.45.